The van der Waals surface area contributed by atoms with Crippen molar-refractivity contribution >= 4 is 17.4 Å². The normalized spacial score (nSPS) is 9.89. The van der Waals surface area contributed by atoms with Crippen LogP contribution in [0.4, 0.5) is 11.5 Å². The third-order valence-corrected chi connectivity index (χ3v) is 2.48. The second-order valence-corrected chi connectivity index (χ2v) is 3.63. The van der Waals surface area contributed by atoms with E-state index in [-0.39, 0.29) is 5.91 Å². The average Bonchev–Trinajstić information content (AvgIpc) is 2.47. The maximum Gasteiger partial charge on any atom is 0.278 e. The van der Waals surface area contributed by atoms with Crippen LogP contribution in [0.1, 0.15) is 10.5 Å². The number of nitrogens with zero attached hydrogens (tertiary/aromatic N) is 4. The Kier molecular flexibility index (Phi) is 3.47. The lowest BCUT2D eigenvalue weighted by Crippen LogP contribution is -2.27. The Balaban J connectivity index is 2.20. The molecule has 92 valence electrons. The van der Waals surface area contributed by atoms with Crippen LogP contribution in [0.15, 0.2) is 36.7 Å². The highest BCUT2D eigenvalue weighted by Crippen LogP contribution is 2.12. The number of carbonyl (C=O) groups is 1. The van der Waals surface area contributed by atoms with Gasteiger partial charge in [-0.15, -0.1) is 10.2 Å². The van der Waals surface area contributed by atoms with Gasteiger partial charge in [0.15, 0.2) is 5.69 Å². The van der Waals surface area contributed by atoms with Gasteiger partial charge in [-0.05, 0) is 24.3 Å². The molecule has 0 aliphatic rings. The van der Waals surface area contributed by atoms with E-state index in [0.717, 1.165) is 0 Å². The predicted molar refractivity (Wildman–Crippen MR) is 68.5 cm³/mol. The zero-order valence-corrected chi connectivity index (χ0v) is 10.2. The van der Waals surface area contributed by atoms with Gasteiger partial charge in [-0.1, -0.05) is 0 Å². The number of hydrogen-bond donors (Lipinski definition) is 1. The predicted octanol–water partition coefficient (Wildman–Crippen LogP) is 1.19. The maximum atomic E-state index is 12.1. The molecule has 2 rings (SSSR count). The molecular formula is C12H13N5O. The van der Waals surface area contributed by atoms with Crippen LogP contribution in [0.2, 0.25) is 0 Å². The molecule has 6 nitrogen and oxygen atoms in total. The Hall–Kier alpha value is -2.50. The van der Waals surface area contributed by atoms with E-state index in [4.69, 9.17) is 0 Å². The molecule has 0 radical (unpaired) electrons. The van der Waals surface area contributed by atoms with E-state index in [9.17, 15) is 4.79 Å². The molecule has 1 amide bonds. The summed E-state index contributed by atoms with van der Waals surface area (Å²) in [6.45, 7) is 0. The Morgan fingerprint density at radius 3 is 2.67 bits per heavy atom. The minimum absolute atomic E-state index is 0.224. The van der Waals surface area contributed by atoms with Gasteiger partial charge in [0.1, 0.15) is 5.82 Å². The van der Waals surface area contributed by atoms with Gasteiger partial charge in [-0.3, -0.25) is 9.78 Å². The van der Waals surface area contributed by atoms with Crippen LogP contribution in [0.3, 0.4) is 0 Å². The Morgan fingerprint density at radius 1 is 1.28 bits per heavy atom. The van der Waals surface area contributed by atoms with E-state index in [0.29, 0.717) is 17.2 Å². The lowest BCUT2D eigenvalue weighted by molar-refractivity contribution is 0.0987. The van der Waals surface area contributed by atoms with Crippen LogP contribution in [0, 0.1) is 0 Å². The topological polar surface area (TPSA) is 71.0 Å². The SMILES string of the molecule is CNc1ccc(C(=O)N(C)c2cccnc2)nn1. The van der Waals surface area contributed by atoms with Crippen molar-refractivity contribution in [3.63, 3.8) is 0 Å². The van der Waals surface area contributed by atoms with Gasteiger partial charge >= 0.3 is 0 Å². The Labute approximate surface area is 105 Å². The van der Waals surface area contributed by atoms with Crippen molar-refractivity contribution in [1.29, 1.82) is 0 Å². The van der Waals surface area contributed by atoms with Crippen LogP contribution < -0.4 is 10.2 Å². The zero-order valence-electron chi connectivity index (χ0n) is 10.2. The first kappa shape index (κ1) is 12.0. The van der Waals surface area contributed by atoms with Gasteiger partial charge in [-0.25, -0.2) is 0 Å². The van der Waals surface area contributed by atoms with E-state index in [2.05, 4.69) is 20.5 Å². The molecule has 0 saturated carbocycles. The molecule has 2 aromatic heterocycles. The average molecular weight is 243 g/mol. The minimum atomic E-state index is -0.224. The van der Waals surface area contributed by atoms with E-state index in [1.807, 2.05) is 0 Å². The maximum absolute atomic E-state index is 12.1. The molecule has 6 heteroatoms. The summed E-state index contributed by atoms with van der Waals surface area (Å²) in [5.41, 5.74) is 1.00. The number of pyridine rings is 1. The molecule has 0 unspecified atom stereocenters. The van der Waals surface area contributed by atoms with E-state index in [1.165, 1.54) is 4.90 Å². The van der Waals surface area contributed by atoms with Crippen molar-refractivity contribution in [2.75, 3.05) is 24.3 Å². The summed E-state index contributed by atoms with van der Waals surface area (Å²) >= 11 is 0. The number of hydrogen-bond acceptors (Lipinski definition) is 5. The van der Waals surface area contributed by atoms with Gasteiger partial charge < -0.3 is 10.2 Å². The lowest BCUT2D eigenvalue weighted by Gasteiger charge is -2.15. The van der Waals surface area contributed by atoms with Crippen LogP contribution in [-0.2, 0) is 0 Å². The van der Waals surface area contributed by atoms with Gasteiger partial charge in [0, 0.05) is 20.3 Å². The molecular weight excluding hydrogens is 230 g/mol. The van der Waals surface area contributed by atoms with Crippen molar-refractivity contribution in [3.8, 4) is 0 Å². The molecule has 0 bridgehead atoms. The lowest BCUT2D eigenvalue weighted by atomic mass is 10.3. The second kappa shape index (κ2) is 5.22. The molecule has 0 aliphatic carbocycles. The van der Waals surface area contributed by atoms with Crippen molar-refractivity contribution in [1.82, 2.24) is 15.2 Å². The fourth-order valence-electron chi connectivity index (χ4n) is 1.42. The molecule has 2 aromatic rings. The Morgan fingerprint density at radius 2 is 2.11 bits per heavy atom. The fourth-order valence-corrected chi connectivity index (χ4v) is 1.42. The Bertz CT molecular complexity index is 526. The third kappa shape index (κ3) is 2.42. The van der Waals surface area contributed by atoms with E-state index in [1.54, 1.807) is 50.8 Å². The molecule has 0 saturated heterocycles. The molecule has 2 heterocycles. The fraction of sp³-hybridized carbons (Fsp3) is 0.167. The van der Waals surface area contributed by atoms with Gasteiger partial charge in [0.05, 0.1) is 11.9 Å². The standard InChI is InChI=1S/C12H13N5O/c1-13-11-6-5-10(15-16-11)12(18)17(2)9-4-3-7-14-8-9/h3-8H,1-2H3,(H,13,16). The summed E-state index contributed by atoms with van der Waals surface area (Å²) in [5, 5.41) is 10.6. The largest absolute Gasteiger partial charge is 0.372 e. The van der Waals surface area contributed by atoms with Crippen LogP contribution in [0.5, 0.6) is 0 Å². The van der Waals surface area contributed by atoms with Crippen molar-refractivity contribution in [2.24, 2.45) is 0 Å². The van der Waals surface area contributed by atoms with Crippen molar-refractivity contribution in [2.45, 2.75) is 0 Å². The minimum Gasteiger partial charge on any atom is -0.372 e. The molecule has 18 heavy (non-hydrogen) atoms. The first-order valence-electron chi connectivity index (χ1n) is 5.42. The number of aromatic nitrogens is 3. The molecule has 1 N–H and O–H groups in total. The molecule has 0 aromatic carbocycles. The van der Waals surface area contributed by atoms with Crippen LogP contribution in [-0.4, -0.2) is 35.2 Å². The van der Waals surface area contributed by atoms with Gasteiger partial charge in [0.25, 0.3) is 5.91 Å². The van der Waals surface area contributed by atoms with Crippen molar-refractivity contribution < 1.29 is 4.79 Å². The van der Waals surface area contributed by atoms with Crippen molar-refractivity contribution in [3.05, 3.63) is 42.4 Å². The molecule has 0 aliphatic heterocycles. The van der Waals surface area contributed by atoms with E-state index < -0.39 is 0 Å². The first-order valence-corrected chi connectivity index (χ1v) is 5.42. The second-order valence-electron chi connectivity index (χ2n) is 3.63. The number of anilines is 2. The molecule has 0 spiro atoms. The van der Waals surface area contributed by atoms with Crippen LogP contribution in [0.25, 0.3) is 0 Å². The summed E-state index contributed by atoms with van der Waals surface area (Å²) in [5.74, 6) is 0.397. The summed E-state index contributed by atoms with van der Waals surface area (Å²) in [6, 6.07) is 6.92. The third-order valence-electron chi connectivity index (χ3n) is 2.48. The van der Waals surface area contributed by atoms with Gasteiger partial charge in [-0.2, -0.15) is 0 Å². The van der Waals surface area contributed by atoms with Gasteiger partial charge in [0.2, 0.25) is 0 Å². The zero-order chi connectivity index (χ0) is 13.0. The highest BCUT2D eigenvalue weighted by molar-refractivity contribution is 6.04. The molecule has 0 atom stereocenters. The molecule has 0 fully saturated rings. The number of rotatable bonds is 3. The monoisotopic (exact) mass is 243 g/mol. The summed E-state index contributed by atoms with van der Waals surface area (Å²) in [7, 11) is 3.42. The smallest absolute Gasteiger partial charge is 0.278 e. The highest BCUT2D eigenvalue weighted by Gasteiger charge is 2.15. The summed E-state index contributed by atoms with van der Waals surface area (Å²) in [4.78, 5) is 17.6. The number of carbonyl (C=O) groups excluding carboxylic acids is 1. The number of amides is 1. The van der Waals surface area contributed by atoms with Crippen LogP contribution >= 0.6 is 0 Å². The quantitative estimate of drug-likeness (QED) is 0.876. The summed E-state index contributed by atoms with van der Waals surface area (Å²) < 4.78 is 0. The highest BCUT2D eigenvalue weighted by atomic mass is 16.2. The summed E-state index contributed by atoms with van der Waals surface area (Å²) in [6.07, 6.45) is 3.27. The first-order chi connectivity index (χ1) is 8.72. The number of nitrogens with one attached hydrogen (secondary N) is 1. The van der Waals surface area contributed by atoms with E-state index >= 15 is 0 Å².